The van der Waals surface area contributed by atoms with Crippen molar-refractivity contribution in [1.29, 1.82) is 5.26 Å². The Balaban J connectivity index is 1.54. The Hall–Kier alpha value is -4.84. The van der Waals surface area contributed by atoms with Crippen LogP contribution in [-0.4, -0.2) is 38.8 Å². The zero-order chi connectivity index (χ0) is 25.0. The van der Waals surface area contributed by atoms with Crippen molar-refractivity contribution in [3.63, 3.8) is 0 Å². The molecule has 0 aliphatic heterocycles. The van der Waals surface area contributed by atoms with Gasteiger partial charge in [-0.2, -0.15) is 10.4 Å². The Morgan fingerprint density at radius 3 is 2.49 bits per heavy atom. The Kier molecular flexibility index (Phi) is 8.79. The number of rotatable bonds is 10. The molecule has 0 atom stereocenters. The van der Waals surface area contributed by atoms with E-state index in [1.54, 1.807) is 36.4 Å². The summed E-state index contributed by atoms with van der Waals surface area (Å²) in [5.41, 5.74) is 4.64. The number of hydrogen-bond donors (Lipinski definition) is 2. The number of carbonyl (C=O) groups is 2. The molecule has 0 aliphatic carbocycles. The van der Waals surface area contributed by atoms with Crippen LogP contribution in [0.15, 0.2) is 71.8 Å². The van der Waals surface area contributed by atoms with Crippen LogP contribution in [0.5, 0.6) is 17.2 Å². The highest BCUT2D eigenvalue weighted by Gasteiger charge is 2.12. The van der Waals surface area contributed by atoms with E-state index in [-0.39, 0.29) is 13.2 Å². The normalized spacial score (nSPS) is 10.3. The molecule has 0 aromatic heterocycles. The van der Waals surface area contributed by atoms with Crippen molar-refractivity contribution >= 4 is 18.0 Å². The first-order chi connectivity index (χ1) is 17.0. The van der Waals surface area contributed by atoms with Gasteiger partial charge in [-0.25, -0.2) is 5.43 Å². The van der Waals surface area contributed by atoms with Gasteiger partial charge in [-0.3, -0.25) is 9.59 Å². The highest BCUT2D eigenvalue weighted by Crippen LogP contribution is 2.27. The summed E-state index contributed by atoms with van der Waals surface area (Å²) in [5, 5.41) is 15.7. The second-order valence-corrected chi connectivity index (χ2v) is 7.14. The van der Waals surface area contributed by atoms with E-state index in [0.717, 1.165) is 5.56 Å². The molecule has 3 aromatic carbocycles. The number of nitriles is 1. The van der Waals surface area contributed by atoms with E-state index in [1.807, 2.05) is 24.3 Å². The predicted molar refractivity (Wildman–Crippen MR) is 130 cm³/mol. The first-order valence-electron chi connectivity index (χ1n) is 10.6. The summed E-state index contributed by atoms with van der Waals surface area (Å²) >= 11 is 0. The van der Waals surface area contributed by atoms with Crippen molar-refractivity contribution in [2.75, 3.05) is 20.8 Å². The maximum atomic E-state index is 12.3. The molecule has 0 aliphatic rings. The third kappa shape index (κ3) is 6.82. The molecule has 0 fully saturated rings. The van der Waals surface area contributed by atoms with Crippen LogP contribution >= 0.6 is 0 Å². The van der Waals surface area contributed by atoms with Gasteiger partial charge in [0.05, 0.1) is 38.6 Å². The number of benzene rings is 3. The number of hydrazone groups is 1. The Morgan fingerprint density at radius 1 is 0.971 bits per heavy atom. The van der Waals surface area contributed by atoms with Gasteiger partial charge in [0.1, 0.15) is 12.4 Å². The third-order valence-electron chi connectivity index (χ3n) is 4.89. The average Bonchev–Trinajstić information content (AvgIpc) is 2.90. The first-order valence-corrected chi connectivity index (χ1v) is 10.6. The quantitative estimate of drug-likeness (QED) is 0.346. The van der Waals surface area contributed by atoms with Crippen LogP contribution in [0.25, 0.3) is 0 Å². The maximum absolute atomic E-state index is 12.3. The van der Waals surface area contributed by atoms with Crippen LogP contribution in [0.4, 0.5) is 0 Å². The zero-order valence-electron chi connectivity index (χ0n) is 19.3. The molecule has 0 saturated heterocycles. The van der Waals surface area contributed by atoms with Crippen molar-refractivity contribution in [1.82, 2.24) is 10.7 Å². The summed E-state index contributed by atoms with van der Waals surface area (Å²) in [6, 6.07) is 21.2. The van der Waals surface area contributed by atoms with Crippen molar-refractivity contribution in [2.24, 2.45) is 5.10 Å². The van der Waals surface area contributed by atoms with E-state index >= 15 is 0 Å². The van der Waals surface area contributed by atoms with Gasteiger partial charge in [-0.1, -0.05) is 30.3 Å². The molecule has 9 heteroatoms. The topological polar surface area (TPSA) is 122 Å². The van der Waals surface area contributed by atoms with Gasteiger partial charge in [0.25, 0.3) is 11.8 Å². The van der Waals surface area contributed by atoms with Gasteiger partial charge >= 0.3 is 0 Å². The van der Waals surface area contributed by atoms with E-state index in [0.29, 0.717) is 33.9 Å². The molecule has 3 aromatic rings. The van der Waals surface area contributed by atoms with Gasteiger partial charge in [0, 0.05) is 16.7 Å². The molecule has 0 unspecified atom stereocenters. The molecular formula is C26H24N4O5. The number of carbonyl (C=O) groups excluding carboxylic acids is 2. The molecule has 0 spiro atoms. The summed E-state index contributed by atoms with van der Waals surface area (Å²) in [5.74, 6) is 0.499. The van der Waals surface area contributed by atoms with Gasteiger partial charge in [-0.05, 0) is 36.4 Å². The van der Waals surface area contributed by atoms with Crippen molar-refractivity contribution < 1.29 is 23.8 Å². The van der Waals surface area contributed by atoms with E-state index in [2.05, 4.69) is 21.9 Å². The number of methoxy groups -OCH3 is 2. The fourth-order valence-corrected chi connectivity index (χ4v) is 3.08. The van der Waals surface area contributed by atoms with Crippen molar-refractivity contribution in [2.45, 2.75) is 6.61 Å². The van der Waals surface area contributed by atoms with Gasteiger partial charge in [0.2, 0.25) is 0 Å². The number of ether oxygens (including phenoxy) is 3. The molecule has 0 saturated carbocycles. The lowest BCUT2D eigenvalue weighted by molar-refractivity contribution is -0.120. The molecule has 0 heterocycles. The smallest absolute Gasteiger partial charge is 0.259 e. The van der Waals surface area contributed by atoms with Gasteiger partial charge < -0.3 is 19.5 Å². The third-order valence-corrected chi connectivity index (χ3v) is 4.89. The summed E-state index contributed by atoms with van der Waals surface area (Å²) in [7, 11) is 2.97. The van der Waals surface area contributed by atoms with Gasteiger partial charge in [-0.15, -0.1) is 0 Å². The minimum absolute atomic E-state index is 0.211. The van der Waals surface area contributed by atoms with Crippen LogP contribution in [0.3, 0.4) is 0 Å². The Labute approximate surface area is 202 Å². The molecule has 3 rings (SSSR count). The number of nitrogens with zero attached hydrogens (tertiary/aromatic N) is 2. The molecule has 0 radical (unpaired) electrons. The maximum Gasteiger partial charge on any atom is 0.259 e. The molecule has 2 amide bonds. The van der Waals surface area contributed by atoms with E-state index in [1.165, 1.54) is 26.5 Å². The van der Waals surface area contributed by atoms with Crippen LogP contribution < -0.4 is 25.0 Å². The Morgan fingerprint density at radius 2 is 1.71 bits per heavy atom. The first kappa shape index (κ1) is 24.8. The van der Waals surface area contributed by atoms with Gasteiger partial charge in [0.15, 0.2) is 11.5 Å². The summed E-state index contributed by atoms with van der Waals surface area (Å²) in [6.07, 6.45) is 1.44. The minimum atomic E-state index is -0.503. The van der Waals surface area contributed by atoms with E-state index in [9.17, 15) is 14.9 Å². The molecule has 178 valence electrons. The molecule has 35 heavy (non-hydrogen) atoms. The lowest BCUT2D eigenvalue weighted by Crippen LogP contribution is -2.34. The number of para-hydroxylation sites is 1. The summed E-state index contributed by atoms with van der Waals surface area (Å²) < 4.78 is 16.2. The second-order valence-electron chi connectivity index (χ2n) is 7.14. The molecular weight excluding hydrogens is 448 g/mol. The molecule has 9 nitrogen and oxygen atoms in total. The lowest BCUT2D eigenvalue weighted by atomic mass is 10.1. The van der Waals surface area contributed by atoms with Crippen molar-refractivity contribution in [3.8, 4) is 23.3 Å². The Bertz CT molecular complexity index is 1270. The fraction of sp³-hybridized carbons (Fsp3) is 0.154. The molecule has 0 bridgehead atoms. The minimum Gasteiger partial charge on any atom is -0.493 e. The predicted octanol–water partition coefficient (Wildman–Crippen LogP) is 3.03. The largest absolute Gasteiger partial charge is 0.493 e. The summed E-state index contributed by atoms with van der Waals surface area (Å²) in [6.45, 7) is -0.0588. The second kappa shape index (κ2) is 12.4. The van der Waals surface area contributed by atoms with Crippen LogP contribution in [0.1, 0.15) is 27.0 Å². The monoisotopic (exact) mass is 472 g/mol. The number of nitrogens with one attached hydrogen (secondary N) is 2. The zero-order valence-corrected chi connectivity index (χ0v) is 19.3. The van der Waals surface area contributed by atoms with Crippen molar-refractivity contribution in [3.05, 3.63) is 89.0 Å². The highest BCUT2D eigenvalue weighted by molar-refractivity contribution is 5.97. The van der Waals surface area contributed by atoms with Crippen LogP contribution in [0.2, 0.25) is 0 Å². The standard InChI is InChI=1S/C26H24N4O5/c1-33-23-12-11-18(13-24(23)34-2)26(32)28-16-25(31)30-29-15-20-8-5-6-10-22(20)35-17-21-9-4-3-7-19(21)14-27/h3-13,15H,16-17H2,1-2H3,(H,28,32)(H,30,31). The van der Waals surface area contributed by atoms with E-state index in [4.69, 9.17) is 14.2 Å². The summed E-state index contributed by atoms with van der Waals surface area (Å²) in [4.78, 5) is 24.4. The van der Waals surface area contributed by atoms with Crippen LogP contribution in [0, 0.1) is 11.3 Å². The molecule has 2 N–H and O–H groups in total. The lowest BCUT2D eigenvalue weighted by Gasteiger charge is -2.10. The SMILES string of the molecule is COc1ccc(C(=O)NCC(=O)NN=Cc2ccccc2OCc2ccccc2C#N)cc1OC. The number of amides is 2. The fourth-order valence-electron chi connectivity index (χ4n) is 3.08. The van der Waals surface area contributed by atoms with E-state index < -0.39 is 11.8 Å². The highest BCUT2D eigenvalue weighted by atomic mass is 16.5. The van der Waals surface area contributed by atoms with Crippen LogP contribution in [-0.2, 0) is 11.4 Å². The number of hydrogen-bond acceptors (Lipinski definition) is 7. The average molecular weight is 473 g/mol.